The van der Waals surface area contributed by atoms with Gasteiger partial charge in [0, 0.05) is 18.1 Å². The number of carboxylic acid groups (broad SMARTS) is 1. The fourth-order valence-corrected chi connectivity index (χ4v) is 1.83. The van der Waals surface area contributed by atoms with Gasteiger partial charge in [0.1, 0.15) is 0 Å². The lowest BCUT2D eigenvalue weighted by Gasteiger charge is -2.04. The smallest absolute Gasteiger partial charge is 0.303 e. The molecule has 0 atom stereocenters. The normalized spacial score (nSPS) is 10.9. The Bertz CT molecular complexity index is 555. The summed E-state index contributed by atoms with van der Waals surface area (Å²) in [7, 11) is 0. The summed E-state index contributed by atoms with van der Waals surface area (Å²) in [4.78, 5) is 10.5. The molecule has 0 bridgehead atoms. The third-order valence-corrected chi connectivity index (χ3v) is 3.02. The number of aliphatic carboxylic acids is 1. The molecule has 0 spiro atoms. The average Bonchev–Trinajstić information content (AvgIpc) is 2.85. The molecule has 2 aromatic rings. The minimum atomic E-state index is -0.828. The summed E-state index contributed by atoms with van der Waals surface area (Å²) in [5, 5.41) is 12.5. The Morgan fingerprint density at radius 1 is 1.32 bits per heavy atom. The highest BCUT2D eigenvalue weighted by Gasteiger charge is 2.08. The maximum absolute atomic E-state index is 10.5. The van der Waals surface area contributed by atoms with E-state index in [-0.39, 0.29) is 6.42 Å². The Morgan fingerprint density at radius 2 is 2.00 bits per heavy atom. The van der Waals surface area contributed by atoms with Gasteiger partial charge in [0.05, 0.1) is 12.1 Å². The summed E-state index contributed by atoms with van der Waals surface area (Å²) in [5.74, 6) is 0.344. The van der Waals surface area contributed by atoms with Crippen LogP contribution >= 0.6 is 0 Å². The van der Waals surface area contributed by atoms with Gasteiger partial charge < -0.3 is 9.63 Å². The molecule has 0 unspecified atom stereocenters. The molecule has 0 saturated carbocycles. The zero-order valence-electron chi connectivity index (χ0n) is 11.1. The molecule has 100 valence electrons. The van der Waals surface area contributed by atoms with E-state index in [1.807, 2.05) is 12.1 Å². The number of rotatable bonds is 5. The molecule has 0 radical (unpaired) electrons. The molecule has 1 heterocycles. The highest BCUT2D eigenvalue weighted by molar-refractivity contribution is 5.67. The van der Waals surface area contributed by atoms with Gasteiger partial charge in [-0.25, -0.2) is 0 Å². The Hall–Kier alpha value is -2.10. The van der Waals surface area contributed by atoms with Crippen LogP contribution in [0.25, 0.3) is 11.3 Å². The van der Waals surface area contributed by atoms with E-state index in [0.29, 0.717) is 23.8 Å². The number of nitrogens with zero attached hydrogens (tertiary/aromatic N) is 1. The molecule has 1 N–H and O–H groups in total. The number of hydrogen-bond donors (Lipinski definition) is 1. The van der Waals surface area contributed by atoms with Crippen molar-refractivity contribution < 1.29 is 14.4 Å². The number of aryl methyl sites for hydroxylation is 1. The van der Waals surface area contributed by atoms with Crippen molar-refractivity contribution in [2.45, 2.75) is 32.6 Å². The first kappa shape index (κ1) is 13.3. The Kier molecular flexibility index (Phi) is 4.00. The molecule has 0 saturated heterocycles. The van der Waals surface area contributed by atoms with Crippen molar-refractivity contribution in [3.8, 4) is 11.3 Å². The van der Waals surface area contributed by atoms with E-state index in [0.717, 1.165) is 5.56 Å². The minimum absolute atomic E-state index is 0.0677. The Balaban J connectivity index is 2.11. The third kappa shape index (κ3) is 3.44. The monoisotopic (exact) mass is 259 g/mol. The molecule has 19 heavy (non-hydrogen) atoms. The van der Waals surface area contributed by atoms with Crippen LogP contribution in [0.15, 0.2) is 34.9 Å². The summed E-state index contributed by atoms with van der Waals surface area (Å²) in [6.07, 6.45) is 0.459. The van der Waals surface area contributed by atoms with Gasteiger partial charge in [-0.2, -0.15) is 0 Å². The van der Waals surface area contributed by atoms with Crippen molar-refractivity contribution in [1.82, 2.24) is 5.16 Å². The number of aromatic nitrogens is 1. The molecule has 1 aromatic heterocycles. The van der Waals surface area contributed by atoms with Gasteiger partial charge in [0.15, 0.2) is 5.76 Å². The largest absolute Gasteiger partial charge is 0.481 e. The first-order chi connectivity index (χ1) is 9.06. The summed E-state index contributed by atoms with van der Waals surface area (Å²) < 4.78 is 5.24. The van der Waals surface area contributed by atoms with Crippen LogP contribution < -0.4 is 0 Å². The standard InChI is InChI=1S/C15H17NO3/c1-10(2)11-3-5-12(6-4-11)14-9-13(16-19-14)7-8-15(17)18/h3-6,9-10H,7-8H2,1-2H3,(H,17,18). The van der Waals surface area contributed by atoms with Gasteiger partial charge in [0.2, 0.25) is 0 Å². The van der Waals surface area contributed by atoms with Gasteiger partial charge in [-0.05, 0) is 11.5 Å². The predicted octanol–water partition coefficient (Wildman–Crippen LogP) is 3.48. The third-order valence-electron chi connectivity index (χ3n) is 3.02. The maximum atomic E-state index is 10.5. The van der Waals surface area contributed by atoms with E-state index in [4.69, 9.17) is 9.63 Å². The first-order valence-corrected chi connectivity index (χ1v) is 6.34. The molecular formula is C15H17NO3. The highest BCUT2D eigenvalue weighted by atomic mass is 16.5. The molecule has 0 fully saturated rings. The maximum Gasteiger partial charge on any atom is 0.303 e. The summed E-state index contributed by atoms with van der Waals surface area (Å²) in [6, 6.07) is 9.93. The van der Waals surface area contributed by atoms with Crippen LogP contribution in [0.4, 0.5) is 0 Å². The van der Waals surface area contributed by atoms with E-state index in [1.54, 1.807) is 6.07 Å². The topological polar surface area (TPSA) is 63.3 Å². The van der Waals surface area contributed by atoms with Crippen molar-refractivity contribution in [2.24, 2.45) is 0 Å². The summed E-state index contributed by atoms with van der Waals surface area (Å²) in [6.45, 7) is 4.29. The van der Waals surface area contributed by atoms with Gasteiger partial charge in [0.25, 0.3) is 0 Å². The van der Waals surface area contributed by atoms with Gasteiger partial charge >= 0.3 is 5.97 Å². The van der Waals surface area contributed by atoms with Crippen molar-refractivity contribution in [3.63, 3.8) is 0 Å². The Morgan fingerprint density at radius 3 is 2.58 bits per heavy atom. The van der Waals surface area contributed by atoms with Crippen LogP contribution in [0.1, 0.15) is 37.4 Å². The molecule has 4 heteroatoms. The lowest BCUT2D eigenvalue weighted by Crippen LogP contribution is -1.97. The van der Waals surface area contributed by atoms with Gasteiger partial charge in [-0.1, -0.05) is 43.3 Å². The summed E-state index contributed by atoms with van der Waals surface area (Å²) in [5.41, 5.74) is 2.90. The van der Waals surface area contributed by atoms with E-state index in [9.17, 15) is 4.79 Å². The quantitative estimate of drug-likeness (QED) is 0.892. The molecule has 0 aliphatic heterocycles. The van der Waals surface area contributed by atoms with E-state index in [2.05, 4.69) is 31.1 Å². The van der Waals surface area contributed by atoms with Crippen molar-refractivity contribution in [1.29, 1.82) is 0 Å². The van der Waals surface area contributed by atoms with Crippen molar-refractivity contribution >= 4 is 5.97 Å². The highest BCUT2D eigenvalue weighted by Crippen LogP contribution is 2.23. The molecule has 0 aliphatic carbocycles. The van der Waals surface area contributed by atoms with E-state index in [1.165, 1.54) is 5.56 Å². The minimum Gasteiger partial charge on any atom is -0.481 e. The van der Waals surface area contributed by atoms with Crippen LogP contribution in [0.5, 0.6) is 0 Å². The van der Waals surface area contributed by atoms with E-state index >= 15 is 0 Å². The molecule has 2 rings (SSSR count). The second-order valence-electron chi connectivity index (χ2n) is 4.85. The zero-order valence-corrected chi connectivity index (χ0v) is 11.1. The van der Waals surface area contributed by atoms with Crippen LogP contribution in [-0.4, -0.2) is 16.2 Å². The lowest BCUT2D eigenvalue weighted by molar-refractivity contribution is -0.136. The van der Waals surface area contributed by atoms with Crippen molar-refractivity contribution in [3.05, 3.63) is 41.6 Å². The molecular weight excluding hydrogens is 242 g/mol. The number of carboxylic acids is 1. The predicted molar refractivity (Wildman–Crippen MR) is 72.0 cm³/mol. The van der Waals surface area contributed by atoms with Crippen LogP contribution in [0, 0.1) is 0 Å². The number of carbonyl (C=O) groups is 1. The number of hydrogen-bond acceptors (Lipinski definition) is 3. The fourth-order valence-electron chi connectivity index (χ4n) is 1.83. The molecule has 0 aliphatic rings. The van der Waals surface area contributed by atoms with Crippen LogP contribution in [0.2, 0.25) is 0 Å². The van der Waals surface area contributed by atoms with Crippen molar-refractivity contribution in [2.75, 3.05) is 0 Å². The second-order valence-corrected chi connectivity index (χ2v) is 4.85. The molecule has 4 nitrogen and oxygen atoms in total. The first-order valence-electron chi connectivity index (χ1n) is 6.34. The second kappa shape index (κ2) is 5.69. The van der Waals surface area contributed by atoms with Crippen LogP contribution in [-0.2, 0) is 11.2 Å². The van der Waals surface area contributed by atoms with E-state index < -0.39 is 5.97 Å². The Labute approximate surface area is 112 Å². The SMILES string of the molecule is CC(C)c1ccc(-c2cc(CCC(=O)O)no2)cc1. The fraction of sp³-hybridized carbons (Fsp3) is 0.333. The number of benzene rings is 1. The lowest BCUT2D eigenvalue weighted by atomic mass is 10.0. The molecule has 0 amide bonds. The van der Waals surface area contributed by atoms with Crippen LogP contribution in [0.3, 0.4) is 0 Å². The molecule has 1 aromatic carbocycles. The summed E-state index contributed by atoms with van der Waals surface area (Å²) >= 11 is 0. The van der Waals surface area contributed by atoms with Gasteiger partial charge in [-0.3, -0.25) is 4.79 Å². The van der Waals surface area contributed by atoms with Gasteiger partial charge in [-0.15, -0.1) is 0 Å². The zero-order chi connectivity index (χ0) is 13.8. The average molecular weight is 259 g/mol.